The maximum Gasteiger partial charge on any atom is 0.248 e. The summed E-state index contributed by atoms with van der Waals surface area (Å²) < 4.78 is 34.4. The number of methoxy groups -OCH3 is 1. The molecule has 17 heavy (non-hydrogen) atoms. The van der Waals surface area contributed by atoms with Gasteiger partial charge in [-0.3, -0.25) is 0 Å². The van der Waals surface area contributed by atoms with Crippen LogP contribution in [0, 0.1) is 5.92 Å². The van der Waals surface area contributed by atoms with Crippen LogP contribution in [0.1, 0.15) is 6.92 Å². The first-order valence-corrected chi connectivity index (χ1v) is 7.12. The smallest absolute Gasteiger partial charge is 0.248 e. The molecule has 1 rings (SSSR count). The molecule has 1 N–H and O–H groups in total. The van der Waals surface area contributed by atoms with Gasteiger partial charge in [-0.05, 0) is 6.30 Å². The third-order valence-corrected chi connectivity index (χ3v) is 3.84. The highest BCUT2D eigenvalue weighted by Crippen LogP contribution is 2.45. The number of hydrogen-bond donors (Lipinski definition) is 1. The van der Waals surface area contributed by atoms with E-state index in [1.165, 1.54) is 14.2 Å². The monoisotopic (exact) mass is 270 g/mol. The Morgan fingerprint density at radius 2 is 2.18 bits per heavy atom. The molecule has 0 aromatic rings. The van der Waals surface area contributed by atoms with Gasteiger partial charge in [0.2, 0.25) is 7.57 Å². The van der Waals surface area contributed by atoms with Gasteiger partial charge in [0.05, 0.1) is 13.2 Å². The molecule has 1 aliphatic heterocycles. The topological polar surface area (TPSA) is 57.2 Å². The van der Waals surface area contributed by atoms with Crippen LogP contribution >= 0.6 is 7.57 Å². The zero-order valence-electron chi connectivity index (χ0n) is 10.3. The Bertz CT molecular complexity index is 288. The van der Waals surface area contributed by atoms with Crippen LogP contribution in [0.5, 0.6) is 0 Å². The summed E-state index contributed by atoms with van der Waals surface area (Å²) in [6.45, 7) is 2.22. The van der Waals surface area contributed by atoms with Gasteiger partial charge in [0, 0.05) is 20.1 Å². The normalized spacial score (nSPS) is 37.7. The minimum Gasteiger partial charge on any atom is -0.382 e. The van der Waals surface area contributed by atoms with E-state index in [0.29, 0.717) is 6.61 Å². The van der Waals surface area contributed by atoms with E-state index < -0.39 is 25.9 Å². The third kappa shape index (κ3) is 4.02. The van der Waals surface area contributed by atoms with E-state index in [4.69, 9.17) is 18.5 Å². The largest absolute Gasteiger partial charge is 0.382 e. The van der Waals surface area contributed by atoms with E-state index in [2.05, 4.69) is 6.30 Å². The lowest BCUT2D eigenvalue weighted by atomic mass is 9.95. The van der Waals surface area contributed by atoms with E-state index in [-0.39, 0.29) is 12.5 Å². The molecule has 0 radical (unpaired) electrons. The van der Waals surface area contributed by atoms with Crippen molar-refractivity contribution in [3.8, 4) is 0 Å². The maximum atomic E-state index is 14.0. The molecule has 0 bridgehead atoms. The van der Waals surface area contributed by atoms with Crippen LogP contribution in [0.3, 0.4) is 0 Å². The molecule has 0 aromatic heterocycles. The van der Waals surface area contributed by atoms with Gasteiger partial charge in [-0.2, -0.15) is 0 Å². The fraction of sp³-hybridized carbons (Fsp3) is 0.900. The van der Waals surface area contributed by atoms with Gasteiger partial charge in [0.1, 0.15) is 18.4 Å². The van der Waals surface area contributed by atoms with Crippen molar-refractivity contribution in [2.24, 2.45) is 5.92 Å². The highest BCUT2D eigenvalue weighted by Gasteiger charge is 2.41. The summed E-state index contributed by atoms with van der Waals surface area (Å²) in [5.41, 5.74) is 0. The first-order valence-electron chi connectivity index (χ1n) is 5.36. The van der Waals surface area contributed by atoms with Crippen LogP contribution in [0.25, 0.3) is 0 Å². The third-order valence-electron chi connectivity index (χ3n) is 2.70. The van der Waals surface area contributed by atoms with Gasteiger partial charge in [-0.15, -0.1) is 0 Å². The maximum absolute atomic E-state index is 14.0. The highest BCUT2D eigenvalue weighted by atomic mass is 31.2. The minimum atomic E-state index is -3.24. The first-order chi connectivity index (χ1) is 7.91. The summed E-state index contributed by atoms with van der Waals surface area (Å²) in [7, 11) is -0.478. The van der Waals surface area contributed by atoms with Crippen LogP contribution in [-0.2, 0) is 18.5 Å². The van der Waals surface area contributed by atoms with Crippen LogP contribution < -0.4 is 0 Å². The zero-order valence-corrected chi connectivity index (χ0v) is 11.2. The molecule has 0 aliphatic carbocycles. The van der Waals surface area contributed by atoms with Crippen molar-refractivity contribution in [1.82, 2.24) is 0 Å². The van der Waals surface area contributed by atoms with Gasteiger partial charge < -0.3 is 23.4 Å². The number of halogens is 1. The Labute approximate surface area is 101 Å². The van der Waals surface area contributed by atoms with Crippen LogP contribution in [-0.4, -0.2) is 57.0 Å². The second kappa shape index (κ2) is 6.27. The van der Waals surface area contributed by atoms with E-state index in [0.717, 1.165) is 0 Å². The van der Waals surface area contributed by atoms with Gasteiger partial charge in [-0.1, -0.05) is 6.92 Å². The standard InChI is InChI=1S/C10H20FO5P/c1-7-5-15-8(6-13-2)10(9(7)11)16-17(4,12)14-3/h7-10,12H,4-6H2,1-3H3/t7-,8-,9+,10-,17?/m1/s1. The van der Waals surface area contributed by atoms with Gasteiger partial charge in [-0.25, -0.2) is 4.39 Å². The molecule has 7 heteroatoms. The SMILES string of the molecule is C=P(O)(OC)O[C@H]1[C@@H](F)[C@H](C)CO[C@@H]1COC. The molecule has 1 fully saturated rings. The fourth-order valence-electron chi connectivity index (χ4n) is 1.66. The Morgan fingerprint density at radius 1 is 1.53 bits per heavy atom. The number of rotatable bonds is 5. The molecule has 5 atom stereocenters. The average Bonchev–Trinajstić information content (AvgIpc) is 2.29. The molecule has 1 unspecified atom stereocenters. The molecule has 0 amide bonds. The number of ether oxygens (including phenoxy) is 2. The van der Waals surface area contributed by atoms with Crippen molar-refractivity contribution in [2.45, 2.75) is 25.3 Å². The van der Waals surface area contributed by atoms with E-state index in [1.54, 1.807) is 6.92 Å². The fourth-order valence-corrected chi connectivity index (χ4v) is 2.38. The van der Waals surface area contributed by atoms with Gasteiger partial charge in [0.25, 0.3) is 0 Å². The molecular formula is C10H20FO5P. The summed E-state index contributed by atoms with van der Waals surface area (Å²) in [5, 5.41) is 0. The second-order valence-corrected chi connectivity index (χ2v) is 5.99. The van der Waals surface area contributed by atoms with Crippen molar-refractivity contribution in [3.05, 3.63) is 0 Å². The highest BCUT2D eigenvalue weighted by molar-refractivity contribution is 7.58. The number of alkyl halides is 1. The summed E-state index contributed by atoms with van der Waals surface area (Å²) in [4.78, 5) is 9.66. The Balaban J connectivity index is 2.75. The van der Waals surface area contributed by atoms with Gasteiger partial charge >= 0.3 is 0 Å². The molecule has 0 spiro atoms. The number of hydrogen-bond acceptors (Lipinski definition) is 5. The lowest BCUT2D eigenvalue weighted by molar-refractivity contribution is -0.147. The molecule has 102 valence electrons. The van der Waals surface area contributed by atoms with Crippen molar-refractivity contribution in [1.29, 1.82) is 0 Å². The van der Waals surface area contributed by atoms with Crippen molar-refractivity contribution >= 4 is 13.9 Å². The summed E-state index contributed by atoms with van der Waals surface area (Å²) in [6, 6.07) is 0. The van der Waals surface area contributed by atoms with E-state index >= 15 is 0 Å². The molecule has 1 heterocycles. The Hall–Kier alpha value is 0.0300. The summed E-state index contributed by atoms with van der Waals surface area (Å²) in [6.07, 6.45) is 0.670. The van der Waals surface area contributed by atoms with Crippen LogP contribution in [0.15, 0.2) is 0 Å². The molecule has 1 aliphatic rings. The average molecular weight is 270 g/mol. The van der Waals surface area contributed by atoms with Crippen LogP contribution in [0.4, 0.5) is 4.39 Å². The van der Waals surface area contributed by atoms with Crippen LogP contribution in [0.2, 0.25) is 0 Å². The van der Waals surface area contributed by atoms with E-state index in [1.807, 2.05) is 0 Å². The minimum absolute atomic E-state index is 0.196. The molecule has 1 saturated heterocycles. The van der Waals surface area contributed by atoms with Crippen molar-refractivity contribution in [3.63, 3.8) is 0 Å². The van der Waals surface area contributed by atoms with Crippen molar-refractivity contribution in [2.75, 3.05) is 27.4 Å². The molecular weight excluding hydrogens is 250 g/mol. The molecule has 0 saturated carbocycles. The summed E-state index contributed by atoms with van der Waals surface area (Å²) in [5.74, 6) is -0.301. The lowest BCUT2D eigenvalue weighted by Crippen LogP contribution is -2.50. The van der Waals surface area contributed by atoms with E-state index in [9.17, 15) is 9.28 Å². The Morgan fingerprint density at radius 3 is 2.71 bits per heavy atom. The zero-order chi connectivity index (χ0) is 13.1. The Kier molecular flexibility index (Phi) is 5.57. The van der Waals surface area contributed by atoms with Crippen molar-refractivity contribution < 1.29 is 27.8 Å². The van der Waals surface area contributed by atoms with Gasteiger partial charge in [0.15, 0.2) is 0 Å². The predicted molar refractivity (Wildman–Crippen MR) is 63.8 cm³/mol. The quantitative estimate of drug-likeness (QED) is 0.761. The second-order valence-electron chi connectivity index (χ2n) is 4.14. The molecule has 5 nitrogen and oxygen atoms in total. The first kappa shape index (κ1) is 15.1. The predicted octanol–water partition coefficient (Wildman–Crippen LogP) is 1.22. The lowest BCUT2D eigenvalue weighted by Gasteiger charge is -2.38. The summed E-state index contributed by atoms with van der Waals surface area (Å²) >= 11 is 0. The molecule has 0 aromatic carbocycles.